The van der Waals surface area contributed by atoms with Crippen LogP contribution in [0.5, 0.6) is 0 Å². The maximum atomic E-state index is 12.6. The Morgan fingerprint density at radius 2 is 1.59 bits per heavy atom. The molecule has 0 saturated carbocycles. The Morgan fingerprint density at radius 3 is 2.26 bits per heavy atom. The Balaban J connectivity index is 1.69. The number of hydrogen-bond donors (Lipinski definition) is 2. The normalized spacial score (nSPS) is 11.4. The van der Waals surface area contributed by atoms with Gasteiger partial charge in [0.25, 0.3) is 5.91 Å². The Labute approximate surface area is 204 Å². The van der Waals surface area contributed by atoms with E-state index in [1.807, 2.05) is 26.8 Å². The predicted octanol–water partition coefficient (Wildman–Crippen LogP) is 5.57. The molecule has 2 amide bonds. The third kappa shape index (κ3) is 6.34. The van der Waals surface area contributed by atoms with Crippen molar-refractivity contribution in [2.24, 2.45) is 0 Å². The lowest BCUT2D eigenvalue weighted by atomic mass is 10.0. The minimum Gasteiger partial charge on any atom is -0.322 e. The van der Waals surface area contributed by atoms with E-state index in [1.165, 1.54) is 42.0 Å². The van der Waals surface area contributed by atoms with Crippen LogP contribution in [0.15, 0.2) is 65.6 Å². The smallest absolute Gasteiger partial charge is 0.255 e. The van der Waals surface area contributed by atoms with Gasteiger partial charge in [-0.05, 0) is 85.5 Å². The second-order valence-corrected chi connectivity index (χ2v) is 10.5. The standard InChI is InChI=1S/C26H25ClN2O4S/c1-16-12-18(3)19(13-17(16)2)8-11-25(30)28-21-9-10-24(23(27)15-21)29-26(31)20-6-5-7-22(14-20)34(4,32)33/h5-15H,1-4H3,(H,28,30)(H,29,31)/b11-8+. The number of amides is 2. The van der Waals surface area contributed by atoms with Gasteiger partial charge in [0.05, 0.1) is 15.6 Å². The molecule has 0 atom stereocenters. The molecule has 6 nitrogen and oxygen atoms in total. The molecule has 0 aliphatic carbocycles. The molecule has 0 bridgehead atoms. The molecule has 3 aromatic rings. The van der Waals surface area contributed by atoms with Crippen molar-refractivity contribution >= 4 is 50.7 Å². The van der Waals surface area contributed by atoms with E-state index in [0.717, 1.165) is 22.9 Å². The zero-order valence-corrected chi connectivity index (χ0v) is 20.8. The third-order valence-electron chi connectivity index (χ3n) is 5.31. The van der Waals surface area contributed by atoms with Crippen molar-refractivity contribution in [3.05, 3.63) is 93.5 Å². The summed E-state index contributed by atoms with van der Waals surface area (Å²) in [6.45, 7) is 6.07. The van der Waals surface area contributed by atoms with E-state index < -0.39 is 15.7 Å². The molecule has 0 spiro atoms. The maximum absolute atomic E-state index is 12.6. The average Bonchev–Trinajstić information content (AvgIpc) is 2.76. The van der Waals surface area contributed by atoms with Crippen LogP contribution >= 0.6 is 11.6 Å². The highest BCUT2D eigenvalue weighted by molar-refractivity contribution is 7.90. The molecule has 0 aromatic heterocycles. The fraction of sp³-hybridized carbons (Fsp3) is 0.154. The predicted molar refractivity (Wildman–Crippen MR) is 137 cm³/mol. The molecule has 34 heavy (non-hydrogen) atoms. The van der Waals surface area contributed by atoms with Crippen molar-refractivity contribution in [2.75, 3.05) is 16.9 Å². The van der Waals surface area contributed by atoms with Gasteiger partial charge in [0, 0.05) is 23.6 Å². The fourth-order valence-electron chi connectivity index (χ4n) is 3.27. The highest BCUT2D eigenvalue weighted by atomic mass is 35.5. The van der Waals surface area contributed by atoms with Gasteiger partial charge in [-0.15, -0.1) is 0 Å². The number of carbonyl (C=O) groups excluding carboxylic acids is 2. The van der Waals surface area contributed by atoms with Crippen LogP contribution in [0.4, 0.5) is 11.4 Å². The van der Waals surface area contributed by atoms with E-state index in [1.54, 1.807) is 18.2 Å². The molecular formula is C26H25ClN2O4S. The van der Waals surface area contributed by atoms with Crippen LogP contribution in [0, 0.1) is 20.8 Å². The van der Waals surface area contributed by atoms with Crippen LogP contribution in [0.2, 0.25) is 5.02 Å². The van der Waals surface area contributed by atoms with Crippen LogP contribution in [0.3, 0.4) is 0 Å². The second kappa shape index (κ2) is 10.2. The maximum Gasteiger partial charge on any atom is 0.255 e. The Hall–Kier alpha value is -3.42. The molecule has 0 unspecified atom stereocenters. The summed E-state index contributed by atoms with van der Waals surface area (Å²) in [7, 11) is -3.44. The topological polar surface area (TPSA) is 92.3 Å². The largest absolute Gasteiger partial charge is 0.322 e. The number of hydrogen-bond acceptors (Lipinski definition) is 4. The van der Waals surface area contributed by atoms with Crippen molar-refractivity contribution in [3.63, 3.8) is 0 Å². The number of anilines is 2. The highest BCUT2D eigenvalue weighted by Crippen LogP contribution is 2.26. The lowest BCUT2D eigenvalue weighted by molar-refractivity contribution is -0.111. The molecular weight excluding hydrogens is 472 g/mol. The van der Waals surface area contributed by atoms with Crippen molar-refractivity contribution in [1.29, 1.82) is 0 Å². The lowest BCUT2D eigenvalue weighted by Crippen LogP contribution is -2.13. The van der Waals surface area contributed by atoms with Gasteiger partial charge in [-0.3, -0.25) is 9.59 Å². The molecule has 3 rings (SSSR count). The Morgan fingerprint density at radius 1 is 0.882 bits per heavy atom. The summed E-state index contributed by atoms with van der Waals surface area (Å²) in [6, 6.07) is 14.6. The number of halogens is 1. The summed E-state index contributed by atoms with van der Waals surface area (Å²) >= 11 is 6.29. The van der Waals surface area contributed by atoms with Crippen LogP contribution in [0.1, 0.15) is 32.6 Å². The number of rotatable bonds is 6. The van der Waals surface area contributed by atoms with Gasteiger partial charge < -0.3 is 10.6 Å². The van der Waals surface area contributed by atoms with Crippen molar-refractivity contribution in [3.8, 4) is 0 Å². The second-order valence-electron chi connectivity index (χ2n) is 8.06. The van der Waals surface area contributed by atoms with E-state index in [0.29, 0.717) is 11.4 Å². The quantitative estimate of drug-likeness (QED) is 0.436. The zero-order chi connectivity index (χ0) is 25.0. The van der Waals surface area contributed by atoms with Crippen molar-refractivity contribution < 1.29 is 18.0 Å². The Kier molecular flexibility index (Phi) is 7.59. The zero-order valence-electron chi connectivity index (χ0n) is 19.3. The summed E-state index contributed by atoms with van der Waals surface area (Å²) in [4.78, 5) is 25.0. The summed E-state index contributed by atoms with van der Waals surface area (Å²) in [5.41, 5.74) is 5.38. The van der Waals surface area contributed by atoms with Gasteiger partial charge in [-0.1, -0.05) is 29.8 Å². The monoisotopic (exact) mass is 496 g/mol. The molecule has 176 valence electrons. The summed E-state index contributed by atoms with van der Waals surface area (Å²) in [5, 5.41) is 5.62. The summed E-state index contributed by atoms with van der Waals surface area (Å²) in [6.07, 6.45) is 4.29. The minimum absolute atomic E-state index is 0.0494. The number of sulfone groups is 1. The first-order chi connectivity index (χ1) is 15.9. The molecule has 0 radical (unpaired) electrons. The van der Waals surface area contributed by atoms with Crippen LogP contribution in [-0.2, 0) is 14.6 Å². The first-order valence-corrected chi connectivity index (χ1v) is 12.7. The molecule has 0 heterocycles. The van der Waals surface area contributed by atoms with Gasteiger partial charge in [0.15, 0.2) is 9.84 Å². The first-order valence-electron chi connectivity index (χ1n) is 10.4. The molecule has 0 aliphatic rings. The van der Waals surface area contributed by atoms with E-state index in [-0.39, 0.29) is 21.4 Å². The summed E-state index contributed by atoms with van der Waals surface area (Å²) in [5.74, 6) is -0.820. The molecule has 0 fully saturated rings. The van der Waals surface area contributed by atoms with Crippen LogP contribution in [-0.4, -0.2) is 26.5 Å². The lowest BCUT2D eigenvalue weighted by Gasteiger charge is -2.10. The number of benzene rings is 3. The first kappa shape index (κ1) is 25.2. The van der Waals surface area contributed by atoms with Crippen molar-refractivity contribution in [2.45, 2.75) is 25.7 Å². The van der Waals surface area contributed by atoms with E-state index in [2.05, 4.69) is 16.7 Å². The third-order valence-corrected chi connectivity index (χ3v) is 6.73. The SMILES string of the molecule is Cc1cc(C)c(/C=C/C(=O)Nc2ccc(NC(=O)c3cccc(S(C)(=O)=O)c3)c(Cl)c2)cc1C. The Bertz CT molecular complexity index is 1410. The highest BCUT2D eigenvalue weighted by Gasteiger charge is 2.13. The van der Waals surface area contributed by atoms with Gasteiger partial charge in [0.2, 0.25) is 5.91 Å². The molecule has 8 heteroatoms. The minimum atomic E-state index is -3.44. The van der Waals surface area contributed by atoms with Crippen LogP contribution < -0.4 is 10.6 Å². The number of carbonyl (C=O) groups is 2. The van der Waals surface area contributed by atoms with Gasteiger partial charge in [-0.25, -0.2) is 8.42 Å². The van der Waals surface area contributed by atoms with Gasteiger partial charge in [-0.2, -0.15) is 0 Å². The molecule has 3 aromatic carbocycles. The van der Waals surface area contributed by atoms with Gasteiger partial charge in [0.1, 0.15) is 0 Å². The van der Waals surface area contributed by atoms with E-state index in [4.69, 9.17) is 11.6 Å². The van der Waals surface area contributed by atoms with Crippen molar-refractivity contribution in [1.82, 2.24) is 0 Å². The molecule has 0 aliphatic heterocycles. The number of nitrogens with one attached hydrogen (secondary N) is 2. The summed E-state index contributed by atoms with van der Waals surface area (Å²) < 4.78 is 23.5. The molecule has 0 saturated heterocycles. The van der Waals surface area contributed by atoms with E-state index >= 15 is 0 Å². The van der Waals surface area contributed by atoms with E-state index in [9.17, 15) is 18.0 Å². The number of aryl methyl sites for hydroxylation is 3. The average molecular weight is 497 g/mol. The molecule has 2 N–H and O–H groups in total. The van der Waals surface area contributed by atoms with Gasteiger partial charge >= 0.3 is 0 Å². The fourth-order valence-corrected chi connectivity index (χ4v) is 4.16. The van der Waals surface area contributed by atoms with Crippen LogP contribution in [0.25, 0.3) is 6.08 Å².